The molecular weight excluding hydrogens is 378 g/mol. The molecule has 1 fully saturated rings. The molecule has 0 bridgehead atoms. The number of hydrogen-bond acceptors (Lipinski definition) is 7. The molecule has 5 rings (SSSR count). The Labute approximate surface area is 174 Å². The number of nitrogens with one attached hydrogen (secondary N) is 1. The zero-order valence-corrected chi connectivity index (χ0v) is 17.3. The Kier molecular flexibility index (Phi) is 4.69. The highest BCUT2D eigenvalue weighted by molar-refractivity contribution is 5.99. The molecule has 3 aromatic heterocycles. The molecule has 1 unspecified atom stereocenters. The lowest BCUT2D eigenvalue weighted by Crippen LogP contribution is -2.29. The predicted molar refractivity (Wildman–Crippen MR) is 121 cm³/mol. The molecule has 1 aliphatic rings. The topological polar surface area (TPSA) is 95.0 Å². The molecule has 0 radical (unpaired) electrons. The van der Waals surface area contributed by atoms with E-state index in [2.05, 4.69) is 22.2 Å². The van der Waals surface area contributed by atoms with E-state index in [9.17, 15) is 5.11 Å². The number of aromatic nitrogens is 3. The van der Waals surface area contributed by atoms with Crippen LogP contribution in [0.15, 0.2) is 36.4 Å². The minimum atomic E-state index is -0.922. The normalized spacial score (nSPS) is 17.1. The van der Waals surface area contributed by atoms with Crippen LogP contribution in [-0.2, 0) is 0 Å². The molecule has 0 amide bonds. The number of nitrogens with two attached hydrogens (primary N) is 1. The van der Waals surface area contributed by atoms with E-state index in [1.165, 1.54) is 0 Å². The number of benzene rings is 1. The molecule has 8 heteroatoms. The number of pyridine rings is 2. The Balaban J connectivity index is 1.80. The van der Waals surface area contributed by atoms with Gasteiger partial charge in [-0.05, 0) is 51.3 Å². The average Bonchev–Trinajstić information content (AvgIpc) is 3.00. The Hall–Kier alpha value is -2.94. The number of aliphatic hydroxyl groups is 1. The second-order valence-electron chi connectivity index (χ2n) is 7.96. The van der Waals surface area contributed by atoms with E-state index >= 15 is 0 Å². The molecule has 0 spiro atoms. The van der Waals surface area contributed by atoms with E-state index in [1.807, 2.05) is 40.8 Å². The van der Waals surface area contributed by atoms with Crippen LogP contribution in [0.2, 0.25) is 0 Å². The van der Waals surface area contributed by atoms with Crippen LogP contribution < -0.4 is 16.0 Å². The predicted octanol–water partition coefficient (Wildman–Crippen LogP) is 1.97. The summed E-state index contributed by atoms with van der Waals surface area (Å²) in [5, 5.41) is 14.3. The molecular formula is C22H27N7O. The number of imidazole rings is 1. The summed E-state index contributed by atoms with van der Waals surface area (Å²) in [6.07, 6.45) is 0.184. The first kappa shape index (κ1) is 19.0. The van der Waals surface area contributed by atoms with Crippen LogP contribution in [0.4, 0.5) is 11.5 Å². The summed E-state index contributed by atoms with van der Waals surface area (Å²) in [5.41, 5.74) is 10.8. The van der Waals surface area contributed by atoms with Gasteiger partial charge in [-0.3, -0.25) is 9.72 Å². The smallest absolute Gasteiger partial charge is 0.150 e. The van der Waals surface area contributed by atoms with Gasteiger partial charge in [-0.2, -0.15) is 0 Å². The maximum absolute atomic E-state index is 10.6. The maximum Gasteiger partial charge on any atom is 0.150 e. The van der Waals surface area contributed by atoms with Crippen LogP contribution in [0.25, 0.3) is 27.7 Å². The Morgan fingerprint density at radius 1 is 1.03 bits per heavy atom. The molecule has 4 N–H and O–H groups in total. The molecule has 0 aliphatic carbocycles. The number of likely N-dealkylation sites (N-methyl/N-ethyl adjacent to an activating group) is 1. The molecule has 1 saturated heterocycles. The van der Waals surface area contributed by atoms with Crippen LogP contribution >= 0.6 is 0 Å². The summed E-state index contributed by atoms with van der Waals surface area (Å²) in [6, 6.07) is 12.0. The molecule has 1 aromatic carbocycles. The van der Waals surface area contributed by atoms with E-state index in [-0.39, 0.29) is 0 Å². The van der Waals surface area contributed by atoms with Gasteiger partial charge >= 0.3 is 0 Å². The average molecular weight is 406 g/mol. The van der Waals surface area contributed by atoms with Gasteiger partial charge in [0.1, 0.15) is 17.7 Å². The van der Waals surface area contributed by atoms with E-state index in [0.29, 0.717) is 16.9 Å². The van der Waals surface area contributed by atoms with Gasteiger partial charge in [0.2, 0.25) is 0 Å². The third-order valence-electron chi connectivity index (χ3n) is 6.04. The minimum Gasteiger partial charge on any atom is -0.398 e. The Bertz CT molecular complexity index is 1230. The number of aliphatic hydroxyl groups excluding tert-OH is 1. The summed E-state index contributed by atoms with van der Waals surface area (Å²) < 4.78 is 2.02. The lowest BCUT2D eigenvalue weighted by atomic mass is 10.1. The highest BCUT2D eigenvalue weighted by atomic mass is 16.3. The van der Waals surface area contributed by atoms with Gasteiger partial charge in [0.15, 0.2) is 5.65 Å². The number of hydrogen-bond donors (Lipinski definition) is 3. The molecule has 1 atom stereocenters. The summed E-state index contributed by atoms with van der Waals surface area (Å²) in [6.45, 7) is 4.02. The van der Waals surface area contributed by atoms with Crippen LogP contribution in [0, 0.1) is 0 Å². The monoisotopic (exact) mass is 405 g/mol. The summed E-state index contributed by atoms with van der Waals surface area (Å²) in [5.74, 6) is 0.943. The van der Waals surface area contributed by atoms with Crippen molar-refractivity contribution in [2.24, 2.45) is 0 Å². The lowest BCUT2D eigenvalue weighted by molar-refractivity contribution is 0.151. The maximum atomic E-state index is 10.6. The fourth-order valence-corrected chi connectivity index (χ4v) is 4.37. The van der Waals surface area contributed by atoms with Crippen molar-refractivity contribution in [1.82, 2.24) is 24.6 Å². The lowest BCUT2D eigenvalue weighted by Gasteiger charge is -2.23. The van der Waals surface area contributed by atoms with Crippen LogP contribution in [0.5, 0.6) is 0 Å². The van der Waals surface area contributed by atoms with E-state index < -0.39 is 6.23 Å². The molecule has 1 aliphatic heterocycles. The fourth-order valence-electron chi connectivity index (χ4n) is 4.37. The summed E-state index contributed by atoms with van der Waals surface area (Å²) in [4.78, 5) is 14.5. The number of nitrogens with zero attached hydrogens (tertiary/aromatic N) is 5. The van der Waals surface area contributed by atoms with Gasteiger partial charge in [0.25, 0.3) is 0 Å². The molecule has 8 nitrogen and oxygen atoms in total. The van der Waals surface area contributed by atoms with Crippen molar-refractivity contribution in [3.8, 4) is 0 Å². The highest BCUT2D eigenvalue weighted by Crippen LogP contribution is 2.35. The molecule has 156 valence electrons. The van der Waals surface area contributed by atoms with E-state index in [4.69, 9.17) is 15.7 Å². The van der Waals surface area contributed by atoms with Crippen LogP contribution in [0.1, 0.15) is 18.2 Å². The van der Waals surface area contributed by atoms with E-state index in [0.717, 1.165) is 60.5 Å². The quantitative estimate of drug-likeness (QED) is 0.449. The van der Waals surface area contributed by atoms with Crippen molar-refractivity contribution < 1.29 is 5.11 Å². The zero-order valence-electron chi connectivity index (χ0n) is 17.3. The zero-order chi connectivity index (χ0) is 20.8. The summed E-state index contributed by atoms with van der Waals surface area (Å²) >= 11 is 0. The first-order valence-electron chi connectivity index (χ1n) is 10.4. The van der Waals surface area contributed by atoms with Crippen LogP contribution in [0.3, 0.4) is 0 Å². The number of rotatable bonds is 3. The van der Waals surface area contributed by atoms with Crippen molar-refractivity contribution in [3.63, 3.8) is 0 Å². The van der Waals surface area contributed by atoms with Gasteiger partial charge in [0, 0.05) is 25.0 Å². The molecule has 0 saturated carbocycles. The van der Waals surface area contributed by atoms with E-state index in [1.54, 1.807) is 7.05 Å². The third kappa shape index (κ3) is 2.96. The van der Waals surface area contributed by atoms with Crippen molar-refractivity contribution >= 4 is 39.2 Å². The van der Waals surface area contributed by atoms with Crippen LogP contribution in [-0.4, -0.2) is 64.6 Å². The van der Waals surface area contributed by atoms with Gasteiger partial charge < -0.3 is 20.6 Å². The van der Waals surface area contributed by atoms with Crippen molar-refractivity contribution in [2.75, 3.05) is 50.9 Å². The number of para-hydroxylation sites is 2. The van der Waals surface area contributed by atoms with Gasteiger partial charge in [-0.15, -0.1) is 0 Å². The van der Waals surface area contributed by atoms with Crippen molar-refractivity contribution in [1.29, 1.82) is 0 Å². The van der Waals surface area contributed by atoms with Gasteiger partial charge in [-0.25, -0.2) is 9.97 Å². The Morgan fingerprint density at radius 2 is 1.87 bits per heavy atom. The van der Waals surface area contributed by atoms with Gasteiger partial charge in [-0.1, -0.05) is 12.1 Å². The second kappa shape index (κ2) is 7.39. The number of nitrogen functional groups attached to an aromatic ring is 1. The largest absolute Gasteiger partial charge is 0.398 e. The molecule has 4 aromatic rings. The first-order chi connectivity index (χ1) is 14.6. The molecule has 30 heavy (non-hydrogen) atoms. The summed E-state index contributed by atoms with van der Waals surface area (Å²) in [7, 11) is 3.86. The highest BCUT2D eigenvalue weighted by Gasteiger charge is 2.23. The number of anilines is 2. The van der Waals surface area contributed by atoms with Crippen molar-refractivity contribution in [3.05, 3.63) is 42.0 Å². The second-order valence-corrected chi connectivity index (χ2v) is 7.96. The fraction of sp³-hybridized carbons (Fsp3) is 0.364. The third-order valence-corrected chi connectivity index (χ3v) is 6.04. The van der Waals surface area contributed by atoms with Gasteiger partial charge in [0.05, 0.1) is 22.3 Å². The minimum absolute atomic E-state index is 0.504. The van der Waals surface area contributed by atoms with Crippen molar-refractivity contribution in [2.45, 2.75) is 12.6 Å². The standard InChI is InChI=1S/C22H27N7O/c1-24-22(30)18-19(23)14-8-9-17(28-11-5-10-27(2)12-13-28)26-20(14)29-16-7-4-3-6-15(16)25-21(18)29/h3-4,6-9,22,24,30H,5,10-13,23H2,1-2H3. The SMILES string of the molecule is CNC(O)c1c(N)c2ccc(N3CCCN(C)CC3)nc2n2c1nc1ccccc12. The Morgan fingerprint density at radius 3 is 2.70 bits per heavy atom. The molecule has 4 heterocycles. The number of fused-ring (bicyclic) bond motifs is 5. The first-order valence-corrected chi connectivity index (χ1v) is 10.4.